The van der Waals surface area contributed by atoms with E-state index in [1.807, 2.05) is 10.9 Å². The Bertz CT molecular complexity index is 356. The molecule has 1 N–H and O–H groups in total. The van der Waals surface area contributed by atoms with Gasteiger partial charge in [-0.1, -0.05) is 0 Å². The van der Waals surface area contributed by atoms with Crippen LogP contribution < -0.4 is 5.32 Å². The molecular weight excluding hydrogens is 190 g/mol. The van der Waals surface area contributed by atoms with E-state index in [0.717, 1.165) is 12.8 Å². The Morgan fingerprint density at radius 1 is 1.67 bits per heavy atom. The Balaban J connectivity index is 1.96. The molecule has 0 aliphatic carbocycles. The lowest BCUT2D eigenvalue weighted by Crippen LogP contribution is -2.26. The summed E-state index contributed by atoms with van der Waals surface area (Å²) in [5.74, 6) is 0.177. The summed E-state index contributed by atoms with van der Waals surface area (Å²) in [5.41, 5.74) is 1.20. The fourth-order valence-corrected chi connectivity index (χ4v) is 1.88. The molecule has 0 saturated carbocycles. The molecule has 4 heteroatoms. The van der Waals surface area contributed by atoms with Gasteiger partial charge in [0, 0.05) is 24.7 Å². The highest BCUT2D eigenvalue weighted by atomic mass is 16.1. The van der Waals surface area contributed by atoms with Crippen LogP contribution in [0, 0.1) is 0 Å². The first-order valence-corrected chi connectivity index (χ1v) is 5.47. The number of nitrogens with one attached hydrogen (secondary N) is 1. The lowest BCUT2D eigenvalue weighted by atomic mass is 10.1. The lowest BCUT2D eigenvalue weighted by molar-refractivity contribution is -0.119. The second-order valence-corrected chi connectivity index (χ2v) is 4.43. The van der Waals surface area contributed by atoms with Crippen LogP contribution in [0.15, 0.2) is 12.4 Å². The number of hydrogen-bond acceptors (Lipinski definition) is 2. The molecule has 1 aliphatic heterocycles. The molecule has 2 rings (SSSR count). The van der Waals surface area contributed by atoms with Crippen molar-refractivity contribution in [1.29, 1.82) is 0 Å². The summed E-state index contributed by atoms with van der Waals surface area (Å²) in [6.45, 7) is 4.21. The Morgan fingerprint density at radius 2 is 2.47 bits per heavy atom. The fourth-order valence-electron chi connectivity index (χ4n) is 1.88. The van der Waals surface area contributed by atoms with Gasteiger partial charge in [-0.05, 0) is 32.3 Å². The van der Waals surface area contributed by atoms with Crippen molar-refractivity contribution in [2.24, 2.45) is 0 Å². The number of rotatable bonds is 3. The molecule has 2 heterocycles. The van der Waals surface area contributed by atoms with E-state index in [0.29, 0.717) is 18.5 Å². The number of amides is 1. The molecule has 15 heavy (non-hydrogen) atoms. The van der Waals surface area contributed by atoms with Gasteiger partial charge in [0.25, 0.3) is 0 Å². The maximum atomic E-state index is 11.0. The van der Waals surface area contributed by atoms with Gasteiger partial charge in [-0.2, -0.15) is 5.10 Å². The third-order valence-corrected chi connectivity index (χ3v) is 2.75. The van der Waals surface area contributed by atoms with Crippen molar-refractivity contribution in [3.63, 3.8) is 0 Å². The standard InChI is InChI=1S/C11H17N3O/c1-8(2)14-7-9(6-12-14)5-10-3-4-11(15)13-10/h6-8,10H,3-5H2,1-2H3,(H,13,15)/t10-/m1/s1. The molecular formula is C11H17N3O. The Hall–Kier alpha value is -1.32. The van der Waals surface area contributed by atoms with Crippen LogP contribution in [0.5, 0.6) is 0 Å². The predicted molar refractivity (Wildman–Crippen MR) is 57.5 cm³/mol. The van der Waals surface area contributed by atoms with E-state index in [-0.39, 0.29) is 5.91 Å². The Kier molecular flexibility index (Phi) is 2.75. The molecule has 1 fully saturated rings. The summed E-state index contributed by atoms with van der Waals surface area (Å²) in [4.78, 5) is 11.0. The largest absolute Gasteiger partial charge is 0.353 e. The summed E-state index contributed by atoms with van der Waals surface area (Å²) in [6.07, 6.45) is 6.48. The van der Waals surface area contributed by atoms with Gasteiger partial charge in [-0.15, -0.1) is 0 Å². The summed E-state index contributed by atoms with van der Waals surface area (Å²) < 4.78 is 1.95. The fraction of sp³-hybridized carbons (Fsp3) is 0.636. The van der Waals surface area contributed by atoms with Crippen LogP contribution in [-0.4, -0.2) is 21.7 Å². The van der Waals surface area contributed by atoms with E-state index < -0.39 is 0 Å². The van der Waals surface area contributed by atoms with E-state index in [9.17, 15) is 4.79 Å². The molecule has 0 bridgehead atoms. The maximum absolute atomic E-state index is 11.0. The second-order valence-electron chi connectivity index (χ2n) is 4.43. The van der Waals surface area contributed by atoms with Gasteiger partial charge < -0.3 is 5.32 Å². The first kappa shape index (κ1) is 10.2. The van der Waals surface area contributed by atoms with Crippen molar-refractivity contribution in [2.75, 3.05) is 0 Å². The smallest absolute Gasteiger partial charge is 0.220 e. The van der Waals surface area contributed by atoms with E-state index in [2.05, 4.69) is 30.5 Å². The topological polar surface area (TPSA) is 46.9 Å². The van der Waals surface area contributed by atoms with E-state index in [1.54, 1.807) is 0 Å². The highest BCUT2D eigenvalue weighted by Crippen LogP contribution is 2.13. The molecule has 1 aromatic rings. The van der Waals surface area contributed by atoms with Crippen molar-refractivity contribution >= 4 is 5.91 Å². The van der Waals surface area contributed by atoms with Crippen LogP contribution in [-0.2, 0) is 11.2 Å². The number of aromatic nitrogens is 2. The van der Waals surface area contributed by atoms with Gasteiger partial charge >= 0.3 is 0 Å². The molecule has 1 aliphatic rings. The second kappa shape index (κ2) is 4.04. The van der Waals surface area contributed by atoms with Crippen LogP contribution in [0.1, 0.15) is 38.3 Å². The quantitative estimate of drug-likeness (QED) is 0.811. The molecule has 4 nitrogen and oxygen atoms in total. The first-order chi connectivity index (χ1) is 7.15. The van der Waals surface area contributed by atoms with Gasteiger partial charge in [-0.3, -0.25) is 9.48 Å². The molecule has 0 unspecified atom stereocenters. The Labute approximate surface area is 89.7 Å². The third-order valence-electron chi connectivity index (χ3n) is 2.75. The third kappa shape index (κ3) is 2.37. The predicted octanol–water partition coefficient (Wildman–Crippen LogP) is 1.29. The van der Waals surface area contributed by atoms with Crippen molar-refractivity contribution in [1.82, 2.24) is 15.1 Å². The summed E-state index contributed by atoms with van der Waals surface area (Å²) in [7, 11) is 0. The number of hydrogen-bond donors (Lipinski definition) is 1. The van der Waals surface area contributed by atoms with Crippen molar-refractivity contribution in [3.8, 4) is 0 Å². The van der Waals surface area contributed by atoms with E-state index >= 15 is 0 Å². The normalized spacial score (nSPS) is 21.0. The van der Waals surface area contributed by atoms with Gasteiger partial charge in [0.2, 0.25) is 5.91 Å². The van der Waals surface area contributed by atoms with Gasteiger partial charge in [0.05, 0.1) is 6.20 Å². The number of carbonyl (C=O) groups excluding carboxylic acids is 1. The molecule has 1 amide bonds. The highest BCUT2D eigenvalue weighted by Gasteiger charge is 2.21. The zero-order valence-corrected chi connectivity index (χ0v) is 9.23. The zero-order chi connectivity index (χ0) is 10.8. The van der Waals surface area contributed by atoms with Gasteiger partial charge in [0.15, 0.2) is 0 Å². The van der Waals surface area contributed by atoms with E-state index in [1.165, 1.54) is 5.56 Å². The molecule has 1 atom stereocenters. The molecule has 82 valence electrons. The maximum Gasteiger partial charge on any atom is 0.220 e. The zero-order valence-electron chi connectivity index (χ0n) is 9.23. The van der Waals surface area contributed by atoms with Crippen LogP contribution >= 0.6 is 0 Å². The minimum atomic E-state index is 0.177. The molecule has 1 saturated heterocycles. The Morgan fingerprint density at radius 3 is 3.00 bits per heavy atom. The summed E-state index contributed by atoms with van der Waals surface area (Å²) >= 11 is 0. The van der Waals surface area contributed by atoms with Crippen LogP contribution in [0.2, 0.25) is 0 Å². The lowest BCUT2D eigenvalue weighted by Gasteiger charge is -2.07. The monoisotopic (exact) mass is 207 g/mol. The highest BCUT2D eigenvalue weighted by molar-refractivity contribution is 5.78. The van der Waals surface area contributed by atoms with Crippen molar-refractivity contribution in [2.45, 2.75) is 45.2 Å². The number of carbonyl (C=O) groups is 1. The molecule has 0 aromatic carbocycles. The van der Waals surface area contributed by atoms with Gasteiger partial charge in [-0.25, -0.2) is 0 Å². The SMILES string of the molecule is CC(C)n1cc(C[C@H]2CCC(=O)N2)cn1. The number of nitrogens with zero attached hydrogens (tertiary/aromatic N) is 2. The minimum Gasteiger partial charge on any atom is -0.353 e. The van der Waals surface area contributed by atoms with Crippen molar-refractivity contribution in [3.05, 3.63) is 18.0 Å². The molecule has 0 radical (unpaired) electrons. The van der Waals surface area contributed by atoms with Crippen LogP contribution in [0.25, 0.3) is 0 Å². The average molecular weight is 207 g/mol. The molecule has 1 aromatic heterocycles. The van der Waals surface area contributed by atoms with Crippen molar-refractivity contribution < 1.29 is 4.79 Å². The van der Waals surface area contributed by atoms with Gasteiger partial charge in [0.1, 0.15) is 0 Å². The summed E-state index contributed by atoms with van der Waals surface area (Å²) in [6, 6.07) is 0.708. The first-order valence-electron chi connectivity index (χ1n) is 5.47. The minimum absolute atomic E-state index is 0.177. The van der Waals surface area contributed by atoms with Crippen LogP contribution in [0.3, 0.4) is 0 Å². The average Bonchev–Trinajstić information content (AvgIpc) is 2.76. The molecule has 0 spiro atoms. The summed E-state index contributed by atoms with van der Waals surface area (Å²) in [5, 5.41) is 7.25. The van der Waals surface area contributed by atoms with E-state index in [4.69, 9.17) is 0 Å². The van der Waals surface area contributed by atoms with Crippen LogP contribution in [0.4, 0.5) is 0 Å².